The molecule has 2 aromatic carbocycles. The van der Waals surface area contributed by atoms with Crippen LogP contribution < -0.4 is 10.1 Å². The number of aromatic nitrogens is 2. The van der Waals surface area contributed by atoms with Crippen molar-refractivity contribution >= 4 is 23.2 Å². The van der Waals surface area contributed by atoms with Gasteiger partial charge in [0.05, 0.1) is 24.6 Å². The minimum Gasteiger partial charge on any atom is -0.496 e. The molecule has 1 aromatic heterocycles. The second kappa shape index (κ2) is 8.40. The summed E-state index contributed by atoms with van der Waals surface area (Å²) in [5.74, 6) is 1.38. The molecule has 6 heteroatoms. The van der Waals surface area contributed by atoms with Crippen LogP contribution in [0, 0.1) is 11.3 Å². The number of ether oxygens (including phenoxy) is 1. The Balaban J connectivity index is 1.64. The Kier molecular flexibility index (Phi) is 5.51. The molecule has 1 unspecified atom stereocenters. The third-order valence-electron chi connectivity index (χ3n) is 4.88. The van der Waals surface area contributed by atoms with Crippen LogP contribution in [-0.4, -0.2) is 17.1 Å². The summed E-state index contributed by atoms with van der Waals surface area (Å²) in [5.41, 5.74) is 4.87. The quantitative estimate of drug-likeness (QED) is 0.552. The fraction of sp³-hybridized carbons (Fsp3) is 0.125. The first-order valence-corrected chi connectivity index (χ1v) is 9.80. The maximum absolute atomic E-state index is 9.43. The first kappa shape index (κ1) is 19.7. The summed E-state index contributed by atoms with van der Waals surface area (Å²) < 4.78 is 5.61. The number of rotatable bonds is 5. The molecule has 0 radical (unpaired) electrons. The largest absolute Gasteiger partial charge is 0.496 e. The first-order valence-electron chi connectivity index (χ1n) is 9.42. The van der Waals surface area contributed by atoms with E-state index < -0.39 is 0 Å². The van der Waals surface area contributed by atoms with Crippen molar-refractivity contribution in [2.45, 2.75) is 12.8 Å². The van der Waals surface area contributed by atoms with Crippen molar-refractivity contribution in [3.63, 3.8) is 0 Å². The average molecular weight is 415 g/mol. The number of methoxy groups -OCH3 is 1. The summed E-state index contributed by atoms with van der Waals surface area (Å²) in [4.78, 5) is 8.84. The monoisotopic (exact) mass is 414 g/mol. The highest BCUT2D eigenvalue weighted by Gasteiger charge is 2.16. The topological polar surface area (TPSA) is 70.8 Å². The molecule has 148 valence electrons. The van der Waals surface area contributed by atoms with Crippen molar-refractivity contribution in [3.8, 4) is 23.1 Å². The molecule has 1 aliphatic carbocycles. The lowest BCUT2D eigenvalue weighted by molar-refractivity contribution is 0.410. The SMILES string of the molecule is COc1cc(Nc2ncc(C#N)c(-c3ccc(Cl)cc3)n2)ccc1C1C=CC(C)=C1. The highest BCUT2D eigenvalue weighted by atomic mass is 35.5. The number of allylic oxidation sites excluding steroid dienone is 4. The molecule has 0 fully saturated rings. The second-order valence-electron chi connectivity index (χ2n) is 6.95. The van der Waals surface area contributed by atoms with Crippen molar-refractivity contribution in [2.24, 2.45) is 0 Å². The van der Waals surface area contributed by atoms with Crippen LogP contribution in [0.15, 0.2) is 72.5 Å². The summed E-state index contributed by atoms with van der Waals surface area (Å²) in [5, 5.41) is 13.3. The van der Waals surface area contributed by atoms with Gasteiger partial charge in [0, 0.05) is 33.8 Å². The van der Waals surface area contributed by atoms with Crippen molar-refractivity contribution in [3.05, 3.63) is 88.6 Å². The van der Waals surface area contributed by atoms with Crippen LogP contribution in [0.5, 0.6) is 5.75 Å². The number of hydrogen-bond acceptors (Lipinski definition) is 5. The fourth-order valence-electron chi connectivity index (χ4n) is 3.39. The first-order chi connectivity index (χ1) is 14.6. The molecule has 1 aliphatic rings. The summed E-state index contributed by atoms with van der Waals surface area (Å²) in [6, 6.07) is 15.3. The molecule has 5 nitrogen and oxygen atoms in total. The number of halogens is 1. The number of anilines is 2. The van der Waals surface area contributed by atoms with Crippen LogP contribution in [0.25, 0.3) is 11.3 Å². The van der Waals surface area contributed by atoms with Gasteiger partial charge in [-0.05, 0) is 25.1 Å². The predicted molar refractivity (Wildman–Crippen MR) is 119 cm³/mol. The highest BCUT2D eigenvalue weighted by Crippen LogP contribution is 2.35. The van der Waals surface area contributed by atoms with Gasteiger partial charge in [0.15, 0.2) is 0 Å². The van der Waals surface area contributed by atoms with Gasteiger partial charge in [-0.2, -0.15) is 5.26 Å². The van der Waals surface area contributed by atoms with E-state index in [1.54, 1.807) is 19.2 Å². The fourth-order valence-corrected chi connectivity index (χ4v) is 3.51. The molecule has 1 heterocycles. The minimum atomic E-state index is 0.205. The molecule has 3 aromatic rings. The number of hydrogen-bond donors (Lipinski definition) is 1. The van der Waals surface area contributed by atoms with Crippen molar-refractivity contribution in [1.82, 2.24) is 9.97 Å². The lowest BCUT2D eigenvalue weighted by Gasteiger charge is -2.14. The maximum atomic E-state index is 9.43. The zero-order valence-corrected chi connectivity index (χ0v) is 17.3. The van der Waals surface area contributed by atoms with Crippen LogP contribution in [-0.2, 0) is 0 Å². The highest BCUT2D eigenvalue weighted by molar-refractivity contribution is 6.30. The lowest BCUT2D eigenvalue weighted by atomic mass is 9.99. The molecular weight excluding hydrogens is 396 g/mol. The molecule has 0 saturated heterocycles. The molecule has 1 N–H and O–H groups in total. The van der Waals surface area contributed by atoms with Gasteiger partial charge in [-0.3, -0.25) is 0 Å². The van der Waals surface area contributed by atoms with E-state index in [0.29, 0.717) is 22.2 Å². The Morgan fingerprint density at radius 3 is 2.63 bits per heavy atom. The van der Waals surface area contributed by atoms with E-state index in [-0.39, 0.29) is 5.92 Å². The summed E-state index contributed by atoms with van der Waals surface area (Å²) in [6.45, 7) is 2.08. The van der Waals surface area contributed by atoms with Crippen LogP contribution in [0.3, 0.4) is 0 Å². The second-order valence-corrected chi connectivity index (χ2v) is 7.39. The molecule has 4 rings (SSSR count). The van der Waals surface area contributed by atoms with Gasteiger partial charge in [-0.15, -0.1) is 0 Å². The third kappa shape index (κ3) is 4.05. The Morgan fingerprint density at radius 1 is 1.17 bits per heavy atom. The molecule has 0 bridgehead atoms. The van der Waals surface area contributed by atoms with E-state index in [0.717, 1.165) is 22.6 Å². The van der Waals surface area contributed by atoms with Gasteiger partial charge in [0.2, 0.25) is 5.95 Å². The zero-order chi connectivity index (χ0) is 21.1. The molecule has 0 saturated carbocycles. The third-order valence-corrected chi connectivity index (χ3v) is 5.14. The molecule has 30 heavy (non-hydrogen) atoms. The minimum absolute atomic E-state index is 0.205. The summed E-state index contributed by atoms with van der Waals surface area (Å²) in [7, 11) is 1.66. The van der Waals surface area contributed by atoms with E-state index >= 15 is 0 Å². The van der Waals surface area contributed by atoms with Crippen LogP contribution in [0.1, 0.15) is 24.0 Å². The number of nitrogens with one attached hydrogen (secondary N) is 1. The van der Waals surface area contributed by atoms with Gasteiger partial charge in [-0.25, -0.2) is 9.97 Å². The zero-order valence-electron chi connectivity index (χ0n) is 16.6. The maximum Gasteiger partial charge on any atom is 0.227 e. The Hall–Kier alpha value is -3.62. The predicted octanol–water partition coefficient (Wildman–Crippen LogP) is 6.02. The van der Waals surface area contributed by atoms with E-state index in [2.05, 4.69) is 46.5 Å². The van der Waals surface area contributed by atoms with Crippen LogP contribution in [0.4, 0.5) is 11.6 Å². The summed E-state index contributed by atoms with van der Waals surface area (Å²) >= 11 is 5.98. The Morgan fingerprint density at radius 2 is 1.97 bits per heavy atom. The number of nitrogens with zero attached hydrogens (tertiary/aromatic N) is 3. The van der Waals surface area contributed by atoms with Crippen LogP contribution in [0.2, 0.25) is 5.02 Å². The van der Waals surface area contributed by atoms with Gasteiger partial charge >= 0.3 is 0 Å². The van der Waals surface area contributed by atoms with Gasteiger partial charge in [0.1, 0.15) is 11.8 Å². The van der Waals surface area contributed by atoms with Gasteiger partial charge in [-0.1, -0.05) is 53.6 Å². The van der Waals surface area contributed by atoms with Crippen molar-refractivity contribution in [1.29, 1.82) is 5.26 Å². The van der Waals surface area contributed by atoms with E-state index in [1.165, 1.54) is 11.8 Å². The summed E-state index contributed by atoms with van der Waals surface area (Å²) in [6.07, 6.45) is 7.98. The lowest BCUT2D eigenvalue weighted by Crippen LogP contribution is -2.02. The Bertz CT molecular complexity index is 1190. The number of nitriles is 1. The standard InChI is InChI=1S/C24H19ClN4O/c1-15-3-4-17(11-15)21-10-9-20(12-22(21)30-2)28-24-27-14-18(13-26)23(29-24)16-5-7-19(25)8-6-16/h3-12,14,17H,1-2H3,(H,27,28,29). The van der Waals surface area contributed by atoms with E-state index in [1.807, 2.05) is 30.3 Å². The molecule has 1 atom stereocenters. The normalized spacial score (nSPS) is 14.9. The smallest absolute Gasteiger partial charge is 0.227 e. The van der Waals surface area contributed by atoms with Gasteiger partial charge in [0.25, 0.3) is 0 Å². The molecule has 0 aliphatic heterocycles. The molecule has 0 amide bonds. The van der Waals surface area contributed by atoms with E-state index in [9.17, 15) is 5.26 Å². The average Bonchev–Trinajstić information content (AvgIpc) is 3.20. The van der Waals surface area contributed by atoms with Crippen molar-refractivity contribution < 1.29 is 4.74 Å². The van der Waals surface area contributed by atoms with Crippen LogP contribution >= 0.6 is 11.6 Å². The van der Waals surface area contributed by atoms with Crippen molar-refractivity contribution in [2.75, 3.05) is 12.4 Å². The van der Waals surface area contributed by atoms with E-state index in [4.69, 9.17) is 16.3 Å². The molecule has 0 spiro atoms. The van der Waals surface area contributed by atoms with Gasteiger partial charge < -0.3 is 10.1 Å². The number of benzene rings is 2. The molecular formula is C24H19ClN4O. The Labute approximate surface area is 180 Å².